The Morgan fingerprint density at radius 2 is 2.15 bits per heavy atom. The van der Waals surface area contributed by atoms with Gasteiger partial charge in [-0.2, -0.15) is 0 Å². The molecule has 0 fully saturated rings. The number of nitrogens with one attached hydrogen (secondary N) is 1. The first-order valence-corrected chi connectivity index (χ1v) is 6.43. The van der Waals surface area contributed by atoms with Crippen LogP contribution in [0.5, 0.6) is 0 Å². The maximum Gasteiger partial charge on any atom is 0.130 e. The number of hydrogen-bond donors (Lipinski definition) is 1. The molecule has 1 unspecified atom stereocenters. The van der Waals surface area contributed by atoms with Crippen LogP contribution in [0.3, 0.4) is 0 Å². The minimum atomic E-state index is 0.282. The number of amidine groups is 1. The van der Waals surface area contributed by atoms with Crippen molar-refractivity contribution in [3.05, 3.63) is 37.1 Å². The largest absolute Gasteiger partial charge is 0.385 e. The van der Waals surface area contributed by atoms with E-state index in [2.05, 4.69) is 23.5 Å². The molecule has 110 valence electrons. The summed E-state index contributed by atoms with van der Waals surface area (Å²) in [6.45, 7) is 6.28. The summed E-state index contributed by atoms with van der Waals surface area (Å²) in [6.07, 6.45) is 12.4. The summed E-state index contributed by atoms with van der Waals surface area (Å²) >= 11 is 0. The van der Waals surface area contributed by atoms with Gasteiger partial charge in [0.05, 0.1) is 0 Å². The minimum Gasteiger partial charge on any atom is -0.385 e. The molecule has 0 aliphatic heterocycles. The molecule has 0 bridgehead atoms. The molecule has 0 rings (SSSR count). The van der Waals surface area contributed by atoms with Gasteiger partial charge in [-0.15, -0.1) is 0 Å². The predicted octanol–water partition coefficient (Wildman–Crippen LogP) is 2.68. The standard InChI is InChI=1S/C15H24N4O/c1-5-17-11-8-6-7-9-15(18-13-16)19(3)14(2)10-12-20-4/h5-9,11,13-14,16H,1,10,12H2,2-4H3/b8-6+,9-7+,16-13?,17-11-,18-15+. The average Bonchev–Trinajstić information content (AvgIpc) is 2.46. The Morgan fingerprint density at radius 1 is 1.40 bits per heavy atom. The van der Waals surface area contributed by atoms with Crippen LogP contribution >= 0.6 is 0 Å². The van der Waals surface area contributed by atoms with Crippen molar-refractivity contribution in [1.29, 1.82) is 5.41 Å². The van der Waals surface area contributed by atoms with Gasteiger partial charge in [0.25, 0.3) is 0 Å². The molecule has 20 heavy (non-hydrogen) atoms. The van der Waals surface area contributed by atoms with E-state index in [0.29, 0.717) is 6.61 Å². The Labute approximate surface area is 121 Å². The lowest BCUT2D eigenvalue weighted by Gasteiger charge is -2.26. The summed E-state index contributed by atoms with van der Waals surface area (Å²) in [7, 11) is 3.64. The van der Waals surface area contributed by atoms with Crippen molar-refractivity contribution in [3.63, 3.8) is 0 Å². The Bertz CT molecular complexity index is 397. The molecular weight excluding hydrogens is 252 g/mol. The molecule has 0 aromatic heterocycles. The molecule has 0 aromatic rings. The zero-order valence-electron chi connectivity index (χ0n) is 12.5. The maximum atomic E-state index is 7.13. The van der Waals surface area contributed by atoms with Crippen LogP contribution < -0.4 is 0 Å². The number of likely N-dealkylation sites (N-methyl/N-ethyl adjacent to an activating group) is 1. The van der Waals surface area contributed by atoms with Crippen LogP contribution in [-0.4, -0.2) is 50.1 Å². The van der Waals surface area contributed by atoms with Gasteiger partial charge >= 0.3 is 0 Å². The van der Waals surface area contributed by atoms with Gasteiger partial charge in [0, 0.05) is 39.2 Å². The summed E-state index contributed by atoms with van der Waals surface area (Å²) in [5, 5.41) is 7.13. The van der Waals surface area contributed by atoms with Crippen LogP contribution in [0.1, 0.15) is 13.3 Å². The SMILES string of the molecule is C=C\N=C/C=C/C=C/C(=N\C=N)N(C)C(C)CCOC. The Morgan fingerprint density at radius 3 is 2.75 bits per heavy atom. The van der Waals surface area contributed by atoms with Gasteiger partial charge in [-0.05, 0) is 25.5 Å². The number of ether oxygens (including phenoxy) is 1. The molecule has 0 aliphatic rings. The number of aliphatic imine (C=N–C) groups is 2. The first-order valence-electron chi connectivity index (χ1n) is 6.43. The van der Waals surface area contributed by atoms with E-state index >= 15 is 0 Å². The van der Waals surface area contributed by atoms with Crippen molar-refractivity contribution >= 4 is 18.4 Å². The van der Waals surface area contributed by atoms with Crippen LogP contribution in [0.15, 0.2) is 47.1 Å². The molecule has 5 nitrogen and oxygen atoms in total. The molecule has 0 saturated carbocycles. The topological polar surface area (TPSA) is 61.0 Å². The average molecular weight is 276 g/mol. The van der Waals surface area contributed by atoms with Crippen LogP contribution in [0.25, 0.3) is 0 Å². The highest BCUT2D eigenvalue weighted by Crippen LogP contribution is 2.04. The van der Waals surface area contributed by atoms with E-state index in [0.717, 1.165) is 18.6 Å². The van der Waals surface area contributed by atoms with E-state index in [1.807, 2.05) is 30.2 Å². The van der Waals surface area contributed by atoms with Gasteiger partial charge in [0.1, 0.15) is 12.2 Å². The zero-order valence-corrected chi connectivity index (χ0v) is 12.5. The first kappa shape index (κ1) is 18.0. The van der Waals surface area contributed by atoms with Gasteiger partial charge in [-0.1, -0.05) is 18.7 Å². The van der Waals surface area contributed by atoms with E-state index < -0.39 is 0 Å². The second kappa shape index (κ2) is 12.0. The van der Waals surface area contributed by atoms with E-state index in [-0.39, 0.29) is 6.04 Å². The number of methoxy groups -OCH3 is 1. The van der Waals surface area contributed by atoms with Crippen molar-refractivity contribution in [2.45, 2.75) is 19.4 Å². The van der Waals surface area contributed by atoms with Crippen molar-refractivity contribution in [2.24, 2.45) is 9.98 Å². The molecule has 1 atom stereocenters. The molecule has 0 amide bonds. The number of rotatable bonds is 9. The highest BCUT2D eigenvalue weighted by Gasteiger charge is 2.10. The molecule has 0 heterocycles. The normalized spacial score (nSPS) is 14.2. The molecule has 0 aromatic carbocycles. The lowest BCUT2D eigenvalue weighted by molar-refractivity contribution is 0.173. The second-order valence-electron chi connectivity index (χ2n) is 4.08. The third-order valence-electron chi connectivity index (χ3n) is 2.70. The van der Waals surface area contributed by atoms with Crippen molar-refractivity contribution in [1.82, 2.24) is 4.90 Å². The third-order valence-corrected chi connectivity index (χ3v) is 2.70. The van der Waals surface area contributed by atoms with Crippen molar-refractivity contribution in [3.8, 4) is 0 Å². The van der Waals surface area contributed by atoms with Gasteiger partial charge in [0.15, 0.2) is 0 Å². The van der Waals surface area contributed by atoms with Gasteiger partial charge in [0.2, 0.25) is 0 Å². The summed E-state index contributed by atoms with van der Waals surface area (Å²) in [5.41, 5.74) is 0. The fourth-order valence-corrected chi connectivity index (χ4v) is 1.39. The molecule has 5 heteroatoms. The van der Waals surface area contributed by atoms with E-state index in [1.165, 1.54) is 6.20 Å². The summed E-state index contributed by atoms with van der Waals surface area (Å²) in [4.78, 5) is 9.93. The Kier molecular flexibility index (Phi) is 10.8. The molecule has 0 spiro atoms. The summed E-state index contributed by atoms with van der Waals surface area (Å²) < 4.78 is 5.08. The van der Waals surface area contributed by atoms with Gasteiger partial charge in [-0.25, -0.2) is 4.99 Å². The van der Waals surface area contributed by atoms with Crippen LogP contribution in [0, 0.1) is 5.41 Å². The highest BCUT2D eigenvalue weighted by atomic mass is 16.5. The zero-order chi connectivity index (χ0) is 15.2. The number of allylic oxidation sites excluding steroid dienone is 3. The van der Waals surface area contributed by atoms with Crippen LogP contribution in [-0.2, 0) is 4.74 Å². The molecule has 0 saturated heterocycles. The van der Waals surface area contributed by atoms with Crippen LogP contribution in [0.2, 0.25) is 0 Å². The van der Waals surface area contributed by atoms with E-state index in [4.69, 9.17) is 10.1 Å². The lowest BCUT2D eigenvalue weighted by Crippen LogP contribution is -2.34. The van der Waals surface area contributed by atoms with E-state index in [1.54, 1.807) is 19.4 Å². The minimum absolute atomic E-state index is 0.282. The molecular formula is C15H24N4O. The third kappa shape index (κ3) is 8.16. The van der Waals surface area contributed by atoms with Crippen molar-refractivity contribution < 1.29 is 4.74 Å². The van der Waals surface area contributed by atoms with E-state index in [9.17, 15) is 0 Å². The first-order chi connectivity index (χ1) is 9.67. The monoisotopic (exact) mass is 276 g/mol. The fourth-order valence-electron chi connectivity index (χ4n) is 1.39. The summed E-state index contributed by atoms with van der Waals surface area (Å²) in [5.74, 6) is 0.730. The Balaban J connectivity index is 4.63. The number of nitrogens with zero attached hydrogens (tertiary/aromatic N) is 3. The smallest absolute Gasteiger partial charge is 0.130 e. The Hall–Kier alpha value is -2.01. The second-order valence-corrected chi connectivity index (χ2v) is 4.08. The lowest BCUT2D eigenvalue weighted by atomic mass is 10.2. The maximum absolute atomic E-state index is 7.13. The van der Waals surface area contributed by atoms with Gasteiger partial charge < -0.3 is 9.64 Å². The molecule has 1 N–H and O–H groups in total. The highest BCUT2D eigenvalue weighted by molar-refractivity contribution is 5.97. The fraction of sp³-hybridized carbons (Fsp3) is 0.400. The molecule has 0 radical (unpaired) electrons. The molecule has 0 aliphatic carbocycles. The predicted molar refractivity (Wildman–Crippen MR) is 86.9 cm³/mol. The number of hydrogen-bond acceptors (Lipinski definition) is 3. The quantitative estimate of drug-likeness (QED) is 0.400. The van der Waals surface area contributed by atoms with Crippen molar-refractivity contribution in [2.75, 3.05) is 20.8 Å². The van der Waals surface area contributed by atoms with Crippen LogP contribution in [0.4, 0.5) is 0 Å². The van der Waals surface area contributed by atoms with Gasteiger partial charge in [-0.3, -0.25) is 10.4 Å². The summed E-state index contributed by atoms with van der Waals surface area (Å²) in [6, 6.07) is 0.282.